The number of carbonyl (C=O) groups excluding carboxylic acids is 1. The molecule has 1 saturated heterocycles. The van der Waals surface area contributed by atoms with Gasteiger partial charge in [0, 0.05) is 25.1 Å². The summed E-state index contributed by atoms with van der Waals surface area (Å²) in [5.41, 5.74) is 1.38. The predicted molar refractivity (Wildman–Crippen MR) is 95.3 cm³/mol. The highest BCUT2D eigenvalue weighted by Gasteiger charge is 2.27. The third-order valence-corrected chi connectivity index (χ3v) is 4.87. The minimum atomic E-state index is -0.165. The Morgan fingerprint density at radius 3 is 2.81 bits per heavy atom. The molecule has 1 atom stereocenters. The predicted octanol–water partition coefficient (Wildman–Crippen LogP) is 1.69. The zero-order valence-corrected chi connectivity index (χ0v) is 14.7. The molecule has 2 aromatic rings. The molecule has 26 heavy (non-hydrogen) atoms. The maximum absolute atomic E-state index is 12.3. The SMILES string of the molecule is CC(=O)N1CCC[C@H]1Cn1nc(-c2ccc3c(c2)OCCO3)ccc1=O. The average Bonchev–Trinajstić information content (AvgIpc) is 3.11. The van der Waals surface area contributed by atoms with Crippen LogP contribution in [0.1, 0.15) is 19.8 Å². The van der Waals surface area contributed by atoms with Crippen molar-refractivity contribution in [1.82, 2.24) is 14.7 Å². The van der Waals surface area contributed by atoms with Gasteiger partial charge < -0.3 is 14.4 Å². The van der Waals surface area contributed by atoms with Gasteiger partial charge in [-0.15, -0.1) is 0 Å². The number of ether oxygens (including phenoxy) is 2. The van der Waals surface area contributed by atoms with Crippen molar-refractivity contribution in [3.05, 3.63) is 40.7 Å². The van der Waals surface area contributed by atoms with Gasteiger partial charge in [-0.05, 0) is 37.1 Å². The van der Waals surface area contributed by atoms with Crippen LogP contribution in [-0.2, 0) is 11.3 Å². The highest BCUT2D eigenvalue weighted by molar-refractivity contribution is 5.73. The van der Waals surface area contributed by atoms with E-state index in [0.717, 1.165) is 30.7 Å². The standard InChI is InChI=1S/C19H21N3O4/c1-13(23)21-8-2-3-15(21)12-22-19(24)7-5-16(20-22)14-4-6-17-18(11-14)26-10-9-25-17/h4-7,11,15H,2-3,8-10,12H2,1H3/t15-/m0/s1. The second-order valence-electron chi connectivity index (χ2n) is 6.61. The van der Waals surface area contributed by atoms with Crippen LogP contribution in [-0.4, -0.2) is 46.4 Å². The van der Waals surface area contributed by atoms with Crippen molar-refractivity contribution in [3.63, 3.8) is 0 Å². The lowest BCUT2D eigenvalue weighted by Crippen LogP contribution is -2.39. The van der Waals surface area contributed by atoms with Gasteiger partial charge in [0.05, 0.1) is 18.3 Å². The summed E-state index contributed by atoms with van der Waals surface area (Å²) in [4.78, 5) is 25.8. The van der Waals surface area contributed by atoms with Crippen molar-refractivity contribution < 1.29 is 14.3 Å². The average molecular weight is 355 g/mol. The van der Waals surface area contributed by atoms with E-state index in [1.807, 2.05) is 23.1 Å². The molecule has 4 rings (SSSR count). The molecule has 2 aliphatic rings. The lowest BCUT2D eigenvalue weighted by atomic mass is 10.1. The van der Waals surface area contributed by atoms with Crippen LogP contribution in [0, 0.1) is 0 Å². The molecule has 136 valence electrons. The molecule has 0 unspecified atom stereocenters. The zero-order chi connectivity index (χ0) is 18.1. The summed E-state index contributed by atoms with van der Waals surface area (Å²) in [5.74, 6) is 1.45. The number of hydrogen-bond donors (Lipinski definition) is 0. The summed E-state index contributed by atoms with van der Waals surface area (Å²) in [7, 11) is 0. The second kappa shape index (κ2) is 6.82. The van der Waals surface area contributed by atoms with Crippen LogP contribution in [0.5, 0.6) is 11.5 Å². The van der Waals surface area contributed by atoms with E-state index in [1.165, 1.54) is 10.7 Å². The Kier molecular flexibility index (Phi) is 4.36. The number of carbonyl (C=O) groups is 1. The Bertz CT molecular complexity index is 893. The van der Waals surface area contributed by atoms with Gasteiger partial charge in [-0.2, -0.15) is 5.10 Å². The molecule has 1 fully saturated rings. The van der Waals surface area contributed by atoms with Crippen LogP contribution in [0.15, 0.2) is 35.1 Å². The van der Waals surface area contributed by atoms with Gasteiger partial charge in [-0.25, -0.2) is 4.68 Å². The third kappa shape index (κ3) is 3.16. The number of aromatic nitrogens is 2. The molecule has 0 radical (unpaired) electrons. The number of fused-ring (bicyclic) bond motifs is 1. The van der Waals surface area contributed by atoms with Crippen molar-refractivity contribution in [1.29, 1.82) is 0 Å². The van der Waals surface area contributed by atoms with Crippen LogP contribution in [0.2, 0.25) is 0 Å². The van der Waals surface area contributed by atoms with Gasteiger partial charge in [-0.1, -0.05) is 0 Å². The normalized spacial score (nSPS) is 18.8. The zero-order valence-electron chi connectivity index (χ0n) is 14.7. The molecule has 7 nitrogen and oxygen atoms in total. The molecule has 0 bridgehead atoms. The highest BCUT2D eigenvalue weighted by atomic mass is 16.6. The van der Waals surface area contributed by atoms with E-state index in [1.54, 1.807) is 13.0 Å². The number of nitrogens with zero attached hydrogens (tertiary/aromatic N) is 3. The minimum Gasteiger partial charge on any atom is -0.486 e. The van der Waals surface area contributed by atoms with Crippen LogP contribution in [0.3, 0.4) is 0 Å². The molecule has 1 aromatic heterocycles. The smallest absolute Gasteiger partial charge is 0.266 e. The lowest BCUT2D eigenvalue weighted by Gasteiger charge is -2.23. The Balaban J connectivity index is 1.62. The summed E-state index contributed by atoms with van der Waals surface area (Å²) in [6.45, 7) is 3.79. The summed E-state index contributed by atoms with van der Waals surface area (Å²) < 4.78 is 12.6. The van der Waals surface area contributed by atoms with Gasteiger partial charge >= 0.3 is 0 Å². The molecular weight excluding hydrogens is 334 g/mol. The fraction of sp³-hybridized carbons (Fsp3) is 0.421. The molecule has 1 amide bonds. The summed E-state index contributed by atoms with van der Waals surface area (Å²) in [6.07, 6.45) is 1.85. The van der Waals surface area contributed by atoms with Gasteiger partial charge in [0.2, 0.25) is 5.91 Å². The first-order chi connectivity index (χ1) is 12.6. The van der Waals surface area contributed by atoms with E-state index in [9.17, 15) is 9.59 Å². The third-order valence-electron chi connectivity index (χ3n) is 4.87. The van der Waals surface area contributed by atoms with E-state index < -0.39 is 0 Å². The van der Waals surface area contributed by atoms with Crippen molar-refractivity contribution in [2.75, 3.05) is 19.8 Å². The van der Waals surface area contributed by atoms with E-state index in [-0.39, 0.29) is 17.5 Å². The first-order valence-electron chi connectivity index (χ1n) is 8.87. The number of amides is 1. The Labute approximate surface area is 151 Å². The van der Waals surface area contributed by atoms with Gasteiger partial charge in [-0.3, -0.25) is 9.59 Å². The maximum atomic E-state index is 12.3. The Hall–Kier alpha value is -2.83. The molecule has 0 aliphatic carbocycles. The van der Waals surface area contributed by atoms with E-state index in [2.05, 4.69) is 5.10 Å². The molecule has 2 aliphatic heterocycles. The molecule has 7 heteroatoms. The largest absolute Gasteiger partial charge is 0.486 e. The Morgan fingerprint density at radius 1 is 1.19 bits per heavy atom. The fourth-order valence-electron chi connectivity index (χ4n) is 3.58. The maximum Gasteiger partial charge on any atom is 0.266 e. The van der Waals surface area contributed by atoms with E-state index in [4.69, 9.17) is 9.47 Å². The van der Waals surface area contributed by atoms with Crippen molar-refractivity contribution in [2.45, 2.75) is 32.4 Å². The topological polar surface area (TPSA) is 73.7 Å². The molecule has 1 aromatic carbocycles. The minimum absolute atomic E-state index is 0.0215. The Morgan fingerprint density at radius 2 is 2.00 bits per heavy atom. The lowest BCUT2D eigenvalue weighted by molar-refractivity contribution is -0.129. The summed E-state index contributed by atoms with van der Waals surface area (Å²) in [6, 6.07) is 8.89. The van der Waals surface area contributed by atoms with Crippen LogP contribution < -0.4 is 15.0 Å². The van der Waals surface area contributed by atoms with Gasteiger partial charge in [0.1, 0.15) is 13.2 Å². The highest BCUT2D eigenvalue weighted by Crippen LogP contribution is 2.33. The number of hydrogen-bond acceptors (Lipinski definition) is 5. The second-order valence-corrected chi connectivity index (χ2v) is 6.61. The van der Waals surface area contributed by atoms with E-state index in [0.29, 0.717) is 31.2 Å². The monoisotopic (exact) mass is 355 g/mol. The number of rotatable bonds is 3. The molecule has 0 spiro atoms. The molecule has 0 saturated carbocycles. The van der Waals surface area contributed by atoms with Crippen LogP contribution in [0.25, 0.3) is 11.3 Å². The van der Waals surface area contributed by atoms with Crippen LogP contribution in [0.4, 0.5) is 0 Å². The molecule has 3 heterocycles. The van der Waals surface area contributed by atoms with Gasteiger partial charge in [0.15, 0.2) is 11.5 Å². The van der Waals surface area contributed by atoms with Gasteiger partial charge in [0.25, 0.3) is 5.56 Å². The van der Waals surface area contributed by atoms with Crippen molar-refractivity contribution in [2.24, 2.45) is 0 Å². The first-order valence-corrected chi connectivity index (χ1v) is 8.87. The van der Waals surface area contributed by atoms with Crippen LogP contribution >= 0.6 is 0 Å². The summed E-state index contributed by atoms with van der Waals surface area (Å²) >= 11 is 0. The summed E-state index contributed by atoms with van der Waals surface area (Å²) in [5, 5.41) is 4.52. The molecule has 0 N–H and O–H groups in total. The van der Waals surface area contributed by atoms with E-state index >= 15 is 0 Å². The molecular formula is C19H21N3O4. The fourth-order valence-corrected chi connectivity index (χ4v) is 3.58. The van der Waals surface area contributed by atoms with Crippen molar-refractivity contribution >= 4 is 5.91 Å². The quantitative estimate of drug-likeness (QED) is 0.838. The number of benzene rings is 1. The number of likely N-dealkylation sites (tertiary alicyclic amines) is 1. The first kappa shape index (κ1) is 16.6. The van der Waals surface area contributed by atoms with Crippen molar-refractivity contribution in [3.8, 4) is 22.8 Å².